The minimum atomic E-state index is -1.07. The van der Waals surface area contributed by atoms with Crippen LogP contribution in [0.1, 0.15) is 37.3 Å². The molecule has 1 aliphatic heterocycles. The average Bonchev–Trinajstić information content (AvgIpc) is 3.03. The Labute approximate surface area is 172 Å². The van der Waals surface area contributed by atoms with Gasteiger partial charge in [-0.3, -0.25) is 0 Å². The van der Waals surface area contributed by atoms with Crippen molar-refractivity contribution in [1.29, 1.82) is 5.26 Å². The molecule has 1 aromatic carbocycles. The highest BCUT2D eigenvalue weighted by Crippen LogP contribution is 2.33. The van der Waals surface area contributed by atoms with Gasteiger partial charge in [0, 0.05) is 12.5 Å². The van der Waals surface area contributed by atoms with Gasteiger partial charge in [-0.1, -0.05) is 11.6 Å². The summed E-state index contributed by atoms with van der Waals surface area (Å²) in [5.74, 6) is -1.10. The van der Waals surface area contributed by atoms with Crippen molar-refractivity contribution in [2.45, 2.75) is 32.8 Å². The molecule has 3 rings (SSSR count). The molecule has 29 heavy (non-hydrogen) atoms. The molecule has 0 saturated carbocycles. The summed E-state index contributed by atoms with van der Waals surface area (Å²) in [6.07, 6.45) is 1.66. The first-order valence-electron chi connectivity index (χ1n) is 8.91. The average molecular weight is 419 g/mol. The quantitative estimate of drug-likeness (QED) is 0.519. The predicted octanol–water partition coefficient (Wildman–Crippen LogP) is 2.89. The summed E-state index contributed by atoms with van der Waals surface area (Å²) < 4.78 is 30.5. The Bertz CT molecular complexity index is 982. The van der Waals surface area contributed by atoms with Crippen molar-refractivity contribution in [3.05, 3.63) is 40.2 Å². The summed E-state index contributed by atoms with van der Waals surface area (Å²) in [4.78, 5) is 14.9. The molecule has 1 N–H and O–H groups in total. The Kier molecular flexibility index (Phi) is 6.69. The number of nitrogens with zero attached hydrogens (tertiary/aromatic N) is 2. The number of hydrogen-bond donors (Lipinski definition) is 1. The van der Waals surface area contributed by atoms with E-state index in [1.165, 1.54) is 19.1 Å². The number of nitriles is 1. The number of fused-ring (bicyclic) bond motifs is 1. The van der Waals surface area contributed by atoms with Gasteiger partial charge >= 0.3 is 7.12 Å². The molecule has 0 unspecified atom stereocenters. The number of unbranched alkanes of at least 4 members (excludes halogenated alkanes) is 1. The fourth-order valence-corrected chi connectivity index (χ4v) is 2.98. The van der Waals surface area contributed by atoms with E-state index in [1.807, 2.05) is 6.07 Å². The molecule has 150 valence electrons. The summed E-state index contributed by atoms with van der Waals surface area (Å²) in [5.41, 5.74) is 1.11. The van der Waals surface area contributed by atoms with Crippen molar-refractivity contribution in [3.63, 3.8) is 0 Å². The van der Waals surface area contributed by atoms with Gasteiger partial charge in [0.25, 0.3) is 5.88 Å². The van der Waals surface area contributed by atoms with Crippen LogP contribution in [0.15, 0.2) is 18.2 Å². The van der Waals surface area contributed by atoms with Gasteiger partial charge in [0.1, 0.15) is 23.2 Å². The number of carbonyl (C=O) groups is 1. The van der Waals surface area contributed by atoms with E-state index in [9.17, 15) is 19.5 Å². The zero-order valence-electron chi connectivity index (χ0n) is 15.6. The second-order valence-corrected chi connectivity index (χ2v) is 6.90. The molecule has 10 heteroatoms. The third kappa shape index (κ3) is 5.04. The Balaban J connectivity index is 1.78. The Morgan fingerprint density at radius 3 is 2.93 bits per heavy atom. The molecular weight excluding hydrogens is 401 g/mol. The summed E-state index contributed by atoms with van der Waals surface area (Å²) in [6.45, 7) is 1.90. The number of ether oxygens (including phenoxy) is 2. The molecule has 0 fully saturated rings. The molecule has 0 saturated heterocycles. The lowest BCUT2D eigenvalue weighted by atomic mass is 9.79. The van der Waals surface area contributed by atoms with E-state index in [1.54, 1.807) is 0 Å². The van der Waals surface area contributed by atoms with Crippen LogP contribution in [0.2, 0.25) is 5.02 Å². The highest BCUT2D eigenvalue weighted by atomic mass is 35.5. The SMILES string of the molecule is CC(=O)CCCCOc1nc(Oc2cc3c(cc2Cl)B(O)OC3)c(F)cc1C#N. The number of halogens is 2. The van der Waals surface area contributed by atoms with Crippen LogP contribution in [0.4, 0.5) is 4.39 Å². The van der Waals surface area contributed by atoms with Crippen LogP contribution < -0.4 is 14.9 Å². The topological polar surface area (TPSA) is 102 Å². The molecular formula is C19H17BClFN2O5. The van der Waals surface area contributed by atoms with Crippen LogP contribution in [-0.4, -0.2) is 29.5 Å². The van der Waals surface area contributed by atoms with E-state index >= 15 is 0 Å². The maximum absolute atomic E-state index is 14.4. The van der Waals surface area contributed by atoms with Crippen LogP contribution in [0.25, 0.3) is 0 Å². The Hall–Kier alpha value is -2.67. The molecule has 7 nitrogen and oxygen atoms in total. The number of aromatic nitrogens is 1. The van der Waals surface area contributed by atoms with Crippen molar-refractivity contribution in [1.82, 2.24) is 4.98 Å². The minimum Gasteiger partial charge on any atom is -0.477 e. The van der Waals surface area contributed by atoms with Gasteiger partial charge in [0.15, 0.2) is 5.82 Å². The van der Waals surface area contributed by atoms with Gasteiger partial charge in [0.05, 0.1) is 18.2 Å². The maximum Gasteiger partial charge on any atom is 0.491 e. The normalized spacial score (nSPS) is 12.4. The summed E-state index contributed by atoms with van der Waals surface area (Å²) >= 11 is 6.16. The third-order valence-corrected chi connectivity index (χ3v) is 4.55. The lowest BCUT2D eigenvalue weighted by molar-refractivity contribution is -0.117. The summed E-state index contributed by atoms with van der Waals surface area (Å²) in [6, 6.07) is 5.82. The minimum absolute atomic E-state index is 0.0669. The Morgan fingerprint density at radius 2 is 2.21 bits per heavy atom. The number of benzene rings is 1. The fraction of sp³-hybridized carbons (Fsp3) is 0.316. The van der Waals surface area contributed by atoms with Crippen LogP contribution in [0, 0.1) is 17.1 Å². The van der Waals surface area contributed by atoms with Crippen molar-refractivity contribution in [2.24, 2.45) is 0 Å². The number of Topliss-reactive ketones (excluding diaryl/α,β-unsaturated/α-hetero) is 1. The molecule has 0 atom stereocenters. The van der Waals surface area contributed by atoms with Crippen molar-refractivity contribution in [2.75, 3.05) is 6.61 Å². The lowest BCUT2D eigenvalue weighted by Crippen LogP contribution is -2.27. The molecule has 0 amide bonds. The highest BCUT2D eigenvalue weighted by molar-refractivity contribution is 6.62. The maximum atomic E-state index is 14.4. The number of rotatable bonds is 8. The van der Waals surface area contributed by atoms with Crippen LogP contribution >= 0.6 is 11.6 Å². The smallest absolute Gasteiger partial charge is 0.477 e. The number of hydrogen-bond acceptors (Lipinski definition) is 7. The molecule has 0 radical (unpaired) electrons. The molecule has 2 aromatic rings. The summed E-state index contributed by atoms with van der Waals surface area (Å²) in [7, 11) is -1.07. The molecule has 0 bridgehead atoms. The lowest BCUT2D eigenvalue weighted by Gasteiger charge is -2.12. The number of ketones is 1. The molecule has 0 aliphatic carbocycles. The van der Waals surface area contributed by atoms with Crippen molar-refractivity contribution < 1.29 is 28.3 Å². The third-order valence-electron chi connectivity index (χ3n) is 4.25. The van der Waals surface area contributed by atoms with Gasteiger partial charge in [-0.2, -0.15) is 10.2 Å². The van der Waals surface area contributed by atoms with Crippen LogP contribution in [0.5, 0.6) is 17.5 Å². The first-order chi connectivity index (χ1) is 13.9. The van der Waals surface area contributed by atoms with Crippen LogP contribution in [-0.2, 0) is 16.1 Å². The van der Waals surface area contributed by atoms with Gasteiger partial charge < -0.3 is 23.9 Å². The predicted molar refractivity (Wildman–Crippen MR) is 103 cm³/mol. The van der Waals surface area contributed by atoms with E-state index in [4.69, 9.17) is 25.7 Å². The first-order valence-corrected chi connectivity index (χ1v) is 9.29. The van der Waals surface area contributed by atoms with E-state index in [2.05, 4.69) is 4.98 Å². The van der Waals surface area contributed by atoms with E-state index < -0.39 is 18.8 Å². The van der Waals surface area contributed by atoms with Gasteiger partial charge in [-0.05, 0) is 42.9 Å². The van der Waals surface area contributed by atoms with E-state index in [0.717, 1.165) is 6.07 Å². The molecule has 1 aliphatic rings. The zero-order valence-corrected chi connectivity index (χ0v) is 16.3. The van der Waals surface area contributed by atoms with Gasteiger partial charge in [-0.25, -0.2) is 4.39 Å². The summed E-state index contributed by atoms with van der Waals surface area (Å²) in [5, 5.41) is 19.1. The molecule has 1 aromatic heterocycles. The van der Waals surface area contributed by atoms with Gasteiger partial charge in [-0.15, -0.1) is 0 Å². The first kappa shape index (κ1) is 21.1. The highest BCUT2D eigenvalue weighted by Gasteiger charge is 2.29. The van der Waals surface area contributed by atoms with Crippen LogP contribution in [0.3, 0.4) is 0 Å². The second-order valence-electron chi connectivity index (χ2n) is 6.49. The number of carbonyl (C=O) groups excluding carboxylic acids is 1. The largest absolute Gasteiger partial charge is 0.491 e. The Morgan fingerprint density at radius 1 is 1.41 bits per heavy atom. The molecule has 2 heterocycles. The van der Waals surface area contributed by atoms with Crippen molar-refractivity contribution >= 4 is 30.0 Å². The fourth-order valence-electron chi connectivity index (χ4n) is 2.77. The van der Waals surface area contributed by atoms with E-state index in [0.29, 0.717) is 30.3 Å². The van der Waals surface area contributed by atoms with E-state index in [-0.39, 0.29) is 41.2 Å². The molecule has 0 spiro atoms. The second kappa shape index (κ2) is 9.22. The standard InChI is InChI=1S/C19H17BClFN2O5/c1-11(25)4-2-3-5-27-18-12(9-23)6-16(22)19(24-18)29-17-7-13-10-28-20(26)14(13)8-15(17)21/h6-8,26H,2-5,10H2,1H3. The zero-order chi connectivity index (χ0) is 21.0. The van der Waals surface area contributed by atoms with Gasteiger partial charge in [0.2, 0.25) is 5.88 Å². The van der Waals surface area contributed by atoms with Crippen molar-refractivity contribution in [3.8, 4) is 23.6 Å². The number of pyridine rings is 1. The monoisotopic (exact) mass is 418 g/mol.